The van der Waals surface area contributed by atoms with E-state index >= 15 is 0 Å². The molecule has 110 valence electrons. The molecule has 21 heavy (non-hydrogen) atoms. The molecule has 7 nitrogen and oxygen atoms in total. The summed E-state index contributed by atoms with van der Waals surface area (Å²) in [6.07, 6.45) is 1.21. The van der Waals surface area contributed by atoms with Crippen molar-refractivity contribution < 1.29 is 14.4 Å². The number of hydrogen-bond acceptors (Lipinski definition) is 6. The zero-order valence-electron chi connectivity index (χ0n) is 11.5. The van der Waals surface area contributed by atoms with Gasteiger partial charge in [0.2, 0.25) is 0 Å². The van der Waals surface area contributed by atoms with Crippen molar-refractivity contribution in [2.45, 2.75) is 0 Å². The van der Waals surface area contributed by atoms with Crippen LogP contribution in [-0.4, -0.2) is 30.2 Å². The highest BCUT2D eigenvalue weighted by Crippen LogP contribution is 2.25. The predicted molar refractivity (Wildman–Crippen MR) is 77.9 cm³/mol. The van der Waals surface area contributed by atoms with E-state index in [9.17, 15) is 10.1 Å². The monoisotopic (exact) mass is 289 g/mol. The summed E-state index contributed by atoms with van der Waals surface area (Å²) >= 11 is 0. The minimum Gasteiger partial charge on any atom is -0.493 e. The quantitative estimate of drug-likeness (QED) is 0.479. The van der Waals surface area contributed by atoms with Crippen molar-refractivity contribution in [1.29, 1.82) is 0 Å². The number of nitrogens with one attached hydrogen (secondary N) is 1. The Morgan fingerprint density at radius 3 is 2.62 bits per heavy atom. The van der Waals surface area contributed by atoms with E-state index in [1.54, 1.807) is 13.2 Å². The molecule has 0 amide bonds. The first-order valence-corrected chi connectivity index (χ1v) is 6.31. The number of anilines is 1. The first-order valence-electron chi connectivity index (χ1n) is 6.31. The van der Waals surface area contributed by atoms with E-state index in [2.05, 4.69) is 10.3 Å². The van der Waals surface area contributed by atoms with E-state index in [0.29, 0.717) is 30.5 Å². The van der Waals surface area contributed by atoms with Crippen LogP contribution in [-0.2, 0) is 0 Å². The van der Waals surface area contributed by atoms with Crippen LogP contribution in [0.4, 0.5) is 11.5 Å². The van der Waals surface area contributed by atoms with Gasteiger partial charge in [0.25, 0.3) is 5.69 Å². The molecule has 0 saturated heterocycles. The lowest BCUT2D eigenvalue weighted by Gasteiger charge is -2.10. The van der Waals surface area contributed by atoms with Gasteiger partial charge >= 0.3 is 0 Å². The summed E-state index contributed by atoms with van der Waals surface area (Å²) in [6, 6.07) is 10.3. The van der Waals surface area contributed by atoms with E-state index < -0.39 is 4.92 Å². The molecule has 0 spiro atoms. The molecule has 2 aromatic rings. The lowest BCUT2D eigenvalue weighted by Crippen LogP contribution is -2.12. The van der Waals surface area contributed by atoms with Crippen LogP contribution >= 0.6 is 0 Å². The molecule has 0 unspecified atom stereocenters. The number of ether oxygens (including phenoxy) is 2. The van der Waals surface area contributed by atoms with Crippen molar-refractivity contribution in [3.8, 4) is 11.5 Å². The number of methoxy groups -OCH3 is 1. The fourth-order valence-corrected chi connectivity index (χ4v) is 1.68. The Balaban J connectivity index is 1.80. The van der Waals surface area contributed by atoms with Gasteiger partial charge in [0.05, 0.1) is 18.6 Å². The summed E-state index contributed by atoms with van der Waals surface area (Å²) < 4.78 is 10.8. The number of nitro groups is 1. The van der Waals surface area contributed by atoms with Crippen molar-refractivity contribution in [3.63, 3.8) is 0 Å². The number of hydrogen-bond donors (Lipinski definition) is 1. The maximum absolute atomic E-state index is 10.5. The van der Waals surface area contributed by atoms with E-state index in [1.165, 1.54) is 12.3 Å². The van der Waals surface area contributed by atoms with Crippen LogP contribution in [0.5, 0.6) is 11.5 Å². The highest BCUT2D eigenvalue weighted by atomic mass is 16.6. The molecule has 1 aromatic carbocycles. The number of para-hydroxylation sites is 2. The average Bonchev–Trinajstić information content (AvgIpc) is 2.52. The summed E-state index contributed by atoms with van der Waals surface area (Å²) in [4.78, 5) is 14.0. The molecule has 0 radical (unpaired) electrons. The van der Waals surface area contributed by atoms with Crippen LogP contribution in [0.2, 0.25) is 0 Å². The molecule has 0 fully saturated rings. The standard InChI is InChI=1S/C14H15N3O4/c1-20-12-4-2-3-5-13(12)21-9-8-15-14-7-6-11(10-16-14)17(18)19/h2-7,10H,8-9H2,1H3,(H,15,16). The van der Waals surface area contributed by atoms with Crippen LogP contribution in [0.1, 0.15) is 0 Å². The zero-order chi connectivity index (χ0) is 15.1. The highest BCUT2D eigenvalue weighted by Gasteiger charge is 2.05. The van der Waals surface area contributed by atoms with Gasteiger partial charge in [-0.2, -0.15) is 0 Å². The molecule has 0 aliphatic carbocycles. The lowest BCUT2D eigenvalue weighted by atomic mass is 10.3. The highest BCUT2D eigenvalue weighted by molar-refractivity contribution is 5.41. The molecule has 7 heteroatoms. The fraction of sp³-hybridized carbons (Fsp3) is 0.214. The second-order valence-electron chi connectivity index (χ2n) is 4.08. The van der Waals surface area contributed by atoms with Crippen molar-refractivity contribution in [3.05, 3.63) is 52.7 Å². The van der Waals surface area contributed by atoms with Crippen LogP contribution in [0, 0.1) is 10.1 Å². The van der Waals surface area contributed by atoms with Crippen molar-refractivity contribution >= 4 is 11.5 Å². The Hall–Kier alpha value is -2.83. The Morgan fingerprint density at radius 2 is 2.00 bits per heavy atom. The number of benzene rings is 1. The molecule has 2 rings (SSSR count). The Morgan fingerprint density at radius 1 is 1.24 bits per heavy atom. The molecular weight excluding hydrogens is 274 g/mol. The molecule has 0 atom stereocenters. The normalized spacial score (nSPS) is 9.95. The van der Waals surface area contributed by atoms with Gasteiger partial charge in [-0.05, 0) is 18.2 Å². The van der Waals surface area contributed by atoms with Gasteiger partial charge in [0.15, 0.2) is 11.5 Å². The Bertz CT molecular complexity index is 601. The Labute approximate surface area is 121 Å². The van der Waals surface area contributed by atoms with Crippen LogP contribution < -0.4 is 14.8 Å². The molecule has 1 aromatic heterocycles. The van der Waals surface area contributed by atoms with Gasteiger partial charge in [-0.3, -0.25) is 10.1 Å². The molecular formula is C14H15N3O4. The summed E-state index contributed by atoms with van der Waals surface area (Å²) in [6.45, 7) is 0.932. The van der Waals surface area contributed by atoms with Gasteiger partial charge in [-0.1, -0.05) is 12.1 Å². The Kier molecular flexibility index (Phi) is 4.92. The second-order valence-corrected chi connectivity index (χ2v) is 4.08. The summed E-state index contributed by atoms with van der Waals surface area (Å²) in [5.74, 6) is 1.90. The van der Waals surface area contributed by atoms with Crippen LogP contribution in [0.3, 0.4) is 0 Å². The van der Waals surface area contributed by atoms with Gasteiger partial charge in [0, 0.05) is 6.07 Å². The van der Waals surface area contributed by atoms with Gasteiger partial charge in [-0.25, -0.2) is 4.98 Å². The van der Waals surface area contributed by atoms with Gasteiger partial charge in [0.1, 0.15) is 18.6 Å². The third kappa shape index (κ3) is 4.07. The number of rotatable bonds is 7. The molecule has 1 N–H and O–H groups in total. The first-order chi connectivity index (χ1) is 10.2. The number of pyridine rings is 1. The van der Waals surface area contributed by atoms with E-state index in [4.69, 9.17) is 9.47 Å². The molecule has 0 aliphatic rings. The SMILES string of the molecule is COc1ccccc1OCCNc1ccc([N+](=O)[O-])cn1. The minimum absolute atomic E-state index is 0.0363. The molecule has 0 bridgehead atoms. The number of nitrogens with zero attached hydrogens (tertiary/aromatic N) is 2. The zero-order valence-corrected chi connectivity index (χ0v) is 11.5. The third-order valence-corrected chi connectivity index (χ3v) is 2.69. The second kappa shape index (κ2) is 7.09. The van der Waals surface area contributed by atoms with Crippen molar-refractivity contribution in [2.24, 2.45) is 0 Å². The van der Waals surface area contributed by atoms with Crippen LogP contribution in [0.15, 0.2) is 42.6 Å². The summed E-state index contributed by atoms with van der Waals surface area (Å²) in [7, 11) is 1.58. The summed E-state index contributed by atoms with van der Waals surface area (Å²) in [5.41, 5.74) is -0.0363. The van der Waals surface area contributed by atoms with Crippen molar-refractivity contribution in [1.82, 2.24) is 4.98 Å². The molecule has 0 aliphatic heterocycles. The van der Waals surface area contributed by atoms with E-state index in [-0.39, 0.29) is 5.69 Å². The average molecular weight is 289 g/mol. The minimum atomic E-state index is -0.485. The van der Waals surface area contributed by atoms with Crippen LogP contribution in [0.25, 0.3) is 0 Å². The first kappa shape index (κ1) is 14.6. The number of aromatic nitrogens is 1. The van der Waals surface area contributed by atoms with E-state index in [1.807, 2.05) is 24.3 Å². The van der Waals surface area contributed by atoms with E-state index in [0.717, 1.165) is 0 Å². The largest absolute Gasteiger partial charge is 0.493 e. The summed E-state index contributed by atoms with van der Waals surface area (Å²) in [5, 5.41) is 13.5. The smallest absolute Gasteiger partial charge is 0.287 e. The third-order valence-electron chi connectivity index (χ3n) is 2.69. The van der Waals surface area contributed by atoms with Crippen molar-refractivity contribution in [2.75, 3.05) is 25.6 Å². The fourth-order valence-electron chi connectivity index (χ4n) is 1.68. The maximum atomic E-state index is 10.5. The van der Waals surface area contributed by atoms with Gasteiger partial charge in [-0.15, -0.1) is 0 Å². The molecule has 1 heterocycles. The topological polar surface area (TPSA) is 86.5 Å². The lowest BCUT2D eigenvalue weighted by molar-refractivity contribution is -0.385. The predicted octanol–water partition coefficient (Wildman–Crippen LogP) is 2.49. The van der Waals surface area contributed by atoms with Gasteiger partial charge < -0.3 is 14.8 Å². The maximum Gasteiger partial charge on any atom is 0.287 e. The molecule has 0 saturated carbocycles.